The van der Waals surface area contributed by atoms with Crippen LogP contribution in [0, 0.1) is 0 Å². The minimum absolute atomic E-state index is 0.456. The Balaban J connectivity index is 1.88. The number of anilines is 1. The van der Waals surface area contributed by atoms with E-state index in [1.807, 2.05) is 23.9 Å². The molecular formula is C10H15N3S. The third kappa shape index (κ3) is 2.00. The molecule has 1 saturated carbocycles. The standard InChI is InChI=1S/C10H15N3S/c1-14-10(5-3-6-10)8-11-9-4-2-7-12-13-9/h2,4,7H,3,5-6,8H2,1H3,(H,11,13). The van der Waals surface area contributed by atoms with Gasteiger partial charge >= 0.3 is 0 Å². The third-order valence-electron chi connectivity index (χ3n) is 2.86. The van der Waals surface area contributed by atoms with Crippen molar-refractivity contribution in [1.82, 2.24) is 10.2 Å². The van der Waals surface area contributed by atoms with Gasteiger partial charge in [-0.2, -0.15) is 16.9 Å². The van der Waals surface area contributed by atoms with Crippen LogP contribution < -0.4 is 5.32 Å². The quantitative estimate of drug-likeness (QED) is 0.824. The zero-order valence-electron chi connectivity index (χ0n) is 8.36. The molecule has 0 atom stereocenters. The summed E-state index contributed by atoms with van der Waals surface area (Å²) in [7, 11) is 0. The van der Waals surface area contributed by atoms with Gasteiger partial charge in [-0.25, -0.2) is 0 Å². The van der Waals surface area contributed by atoms with Crippen molar-refractivity contribution >= 4 is 17.6 Å². The molecule has 1 aromatic rings. The first-order chi connectivity index (χ1) is 6.85. The van der Waals surface area contributed by atoms with Gasteiger partial charge in [-0.1, -0.05) is 6.42 Å². The van der Waals surface area contributed by atoms with Crippen LogP contribution in [0.3, 0.4) is 0 Å². The molecule has 0 aliphatic heterocycles. The van der Waals surface area contributed by atoms with Crippen LogP contribution >= 0.6 is 11.8 Å². The molecule has 3 nitrogen and oxygen atoms in total. The summed E-state index contributed by atoms with van der Waals surface area (Å²) in [6, 6.07) is 3.86. The monoisotopic (exact) mass is 209 g/mol. The Hall–Kier alpha value is -0.770. The predicted octanol–water partition coefficient (Wildman–Crippen LogP) is 2.17. The van der Waals surface area contributed by atoms with E-state index in [0.29, 0.717) is 4.75 Å². The summed E-state index contributed by atoms with van der Waals surface area (Å²) in [5, 5.41) is 11.2. The molecule has 0 bridgehead atoms. The van der Waals surface area contributed by atoms with E-state index in [9.17, 15) is 0 Å². The van der Waals surface area contributed by atoms with E-state index in [0.717, 1.165) is 12.4 Å². The van der Waals surface area contributed by atoms with Crippen LogP contribution in [-0.4, -0.2) is 27.7 Å². The van der Waals surface area contributed by atoms with Gasteiger partial charge in [0.2, 0.25) is 0 Å². The lowest BCUT2D eigenvalue weighted by Crippen LogP contribution is -2.40. The zero-order chi connectivity index (χ0) is 9.86. The van der Waals surface area contributed by atoms with Crippen molar-refractivity contribution in [2.24, 2.45) is 0 Å². The fourth-order valence-electron chi connectivity index (χ4n) is 1.67. The maximum absolute atomic E-state index is 4.00. The Bertz CT molecular complexity index is 279. The molecule has 2 rings (SSSR count). The second kappa shape index (κ2) is 4.17. The number of hydrogen-bond donors (Lipinski definition) is 1. The first-order valence-electron chi connectivity index (χ1n) is 4.91. The molecule has 4 heteroatoms. The van der Waals surface area contributed by atoms with Gasteiger partial charge in [0.1, 0.15) is 5.82 Å². The molecule has 0 radical (unpaired) electrons. The second-order valence-corrected chi connectivity index (χ2v) is 4.98. The average Bonchev–Trinajstić information content (AvgIpc) is 2.19. The highest BCUT2D eigenvalue weighted by atomic mass is 32.2. The van der Waals surface area contributed by atoms with Crippen molar-refractivity contribution in [3.05, 3.63) is 18.3 Å². The van der Waals surface area contributed by atoms with Crippen LogP contribution in [0.5, 0.6) is 0 Å². The molecule has 0 aromatic carbocycles. The van der Waals surface area contributed by atoms with E-state index in [1.165, 1.54) is 19.3 Å². The van der Waals surface area contributed by atoms with E-state index in [4.69, 9.17) is 0 Å². The fourth-order valence-corrected chi connectivity index (χ4v) is 2.59. The van der Waals surface area contributed by atoms with Crippen molar-refractivity contribution in [3.8, 4) is 0 Å². The molecule has 14 heavy (non-hydrogen) atoms. The summed E-state index contributed by atoms with van der Waals surface area (Å²) >= 11 is 1.97. The van der Waals surface area contributed by atoms with Gasteiger partial charge in [0.15, 0.2) is 0 Å². The van der Waals surface area contributed by atoms with Gasteiger partial charge in [0, 0.05) is 17.5 Å². The van der Waals surface area contributed by atoms with Crippen molar-refractivity contribution in [3.63, 3.8) is 0 Å². The Morgan fingerprint density at radius 2 is 2.43 bits per heavy atom. The Labute approximate surface area is 88.7 Å². The molecule has 0 spiro atoms. The number of aromatic nitrogens is 2. The number of rotatable bonds is 4. The molecular weight excluding hydrogens is 194 g/mol. The maximum Gasteiger partial charge on any atom is 0.148 e. The van der Waals surface area contributed by atoms with E-state index in [1.54, 1.807) is 6.20 Å². The summed E-state index contributed by atoms with van der Waals surface area (Å²) in [4.78, 5) is 0. The van der Waals surface area contributed by atoms with Crippen LogP contribution in [0.2, 0.25) is 0 Å². The van der Waals surface area contributed by atoms with Gasteiger partial charge in [0.05, 0.1) is 0 Å². The smallest absolute Gasteiger partial charge is 0.148 e. The van der Waals surface area contributed by atoms with Gasteiger partial charge in [0.25, 0.3) is 0 Å². The van der Waals surface area contributed by atoms with Crippen LogP contribution in [-0.2, 0) is 0 Å². The molecule has 0 unspecified atom stereocenters. The number of nitrogens with one attached hydrogen (secondary N) is 1. The summed E-state index contributed by atoms with van der Waals surface area (Å²) in [6.07, 6.45) is 7.89. The summed E-state index contributed by atoms with van der Waals surface area (Å²) in [6.45, 7) is 1.01. The molecule has 1 aromatic heterocycles. The first kappa shape index (κ1) is 9.77. The average molecular weight is 209 g/mol. The van der Waals surface area contributed by atoms with Crippen LogP contribution in [0.4, 0.5) is 5.82 Å². The number of hydrogen-bond acceptors (Lipinski definition) is 4. The van der Waals surface area contributed by atoms with Crippen molar-refractivity contribution in [1.29, 1.82) is 0 Å². The highest BCUT2D eigenvalue weighted by molar-refractivity contribution is 8.00. The molecule has 1 aliphatic rings. The minimum atomic E-state index is 0.456. The van der Waals surface area contributed by atoms with E-state index >= 15 is 0 Å². The molecule has 0 amide bonds. The lowest BCUT2D eigenvalue weighted by molar-refractivity contribution is 0.379. The minimum Gasteiger partial charge on any atom is -0.367 e. The molecule has 0 saturated heterocycles. The first-order valence-corrected chi connectivity index (χ1v) is 6.14. The van der Waals surface area contributed by atoms with Gasteiger partial charge in [-0.3, -0.25) is 0 Å². The Morgan fingerprint density at radius 3 is 2.93 bits per heavy atom. The molecule has 76 valence electrons. The van der Waals surface area contributed by atoms with Crippen molar-refractivity contribution in [2.75, 3.05) is 18.1 Å². The van der Waals surface area contributed by atoms with E-state index < -0.39 is 0 Å². The summed E-state index contributed by atoms with van der Waals surface area (Å²) < 4.78 is 0.456. The van der Waals surface area contributed by atoms with Crippen LogP contribution in [0.1, 0.15) is 19.3 Å². The zero-order valence-corrected chi connectivity index (χ0v) is 9.18. The predicted molar refractivity (Wildman–Crippen MR) is 60.6 cm³/mol. The lowest BCUT2D eigenvalue weighted by atomic mass is 9.84. The fraction of sp³-hybridized carbons (Fsp3) is 0.600. The summed E-state index contributed by atoms with van der Waals surface area (Å²) in [5.41, 5.74) is 0. The Morgan fingerprint density at radius 1 is 1.57 bits per heavy atom. The topological polar surface area (TPSA) is 37.8 Å². The third-order valence-corrected chi connectivity index (χ3v) is 4.28. The SMILES string of the molecule is CSC1(CNc2cccnn2)CCC1. The summed E-state index contributed by atoms with van der Waals surface area (Å²) in [5.74, 6) is 0.882. The van der Waals surface area contributed by atoms with Gasteiger partial charge in [-0.15, -0.1) is 5.10 Å². The van der Waals surface area contributed by atoms with Gasteiger partial charge < -0.3 is 5.32 Å². The highest BCUT2D eigenvalue weighted by Crippen LogP contribution is 2.42. The normalized spacial score (nSPS) is 18.6. The number of thioether (sulfide) groups is 1. The van der Waals surface area contributed by atoms with Gasteiger partial charge in [-0.05, 0) is 31.2 Å². The van der Waals surface area contributed by atoms with Crippen LogP contribution in [0.15, 0.2) is 18.3 Å². The molecule has 1 heterocycles. The molecule has 1 aliphatic carbocycles. The van der Waals surface area contributed by atoms with Crippen molar-refractivity contribution in [2.45, 2.75) is 24.0 Å². The molecule has 1 N–H and O–H groups in total. The molecule has 1 fully saturated rings. The van der Waals surface area contributed by atoms with E-state index in [-0.39, 0.29) is 0 Å². The van der Waals surface area contributed by atoms with E-state index in [2.05, 4.69) is 21.8 Å². The van der Waals surface area contributed by atoms with Crippen molar-refractivity contribution < 1.29 is 0 Å². The maximum atomic E-state index is 4.00. The lowest BCUT2D eigenvalue weighted by Gasteiger charge is -2.40. The number of nitrogens with zero attached hydrogens (tertiary/aromatic N) is 2. The second-order valence-electron chi connectivity index (χ2n) is 3.70. The highest BCUT2D eigenvalue weighted by Gasteiger charge is 2.35. The van der Waals surface area contributed by atoms with Crippen LogP contribution in [0.25, 0.3) is 0 Å². The Kier molecular flexibility index (Phi) is 2.91. The largest absolute Gasteiger partial charge is 0.367 e.